The van der Waals surface area contributed by atoms with Gasteiger partial charge in [0.15, 0.2) is 0 Å². The van der Waals surface area contributed by atoms with E-state index in [4.69, 9.17) is 4.74 Å². The van der Waals surface area contributed by atoms with Crippen LogP contribution >= 0.6 is 11.3 Å². The Balaban J connectivity index is 1.68. The van der Waals surface area contributed by atoms with Crippen molar-refractivity contribution in [3.63, 3.8) is 0 Å². The Hall–Kier alpha value is -4.11. The molecule has 184 valence electrons. The van der Waals surface area contributed by atoms with Crippen molar-refractivity contribution in [1.82, 2.24) is 18.7 Å². The van der Waals surface area contributed by atoms with Gasteiger partial charge in [-0.05, 0) is 61.4 Å². The van der Waals surface area contributed by atoms with E-state index in [1.54, 1.807) is 37.2 Å². The molecular weight excluding hydrogens is 474 g/mol. The molecule has 0 amide bonds. The summed E-state index contributed by atoms with van der Waals surface area (Å²) < 4.78 is 10.4. The van der Waals surface area contributed by atoms with E-state index in [9.17, 15) is 9.59 Å². The summed E-state index contributed by atoms with van der Waals surface area (Å²) in [6.07, 6.45) is 3.69. The number of ether oxygens (including phenoxy) is 1. The fourth-order valence-electron chi connectivity index (χ4n) is 4.41. The highest BCUT2D eigenvalue weighted by Gasteiger charge is 2.21. The van der Waals surface area contributed by atoms with Gasteiger partial charge in [0, 0.05) is 37.9 Å². The highest BCUT2D eigenvalue weighted by Crippen LogP contribution is 2.39. The van der Waals surface area contributed by atoms with Gasteiger partial charge in [0.25, 0.3) is 5.56 Å². The number of aryl methyl sites for hydroxylation is 3. The molecule has 0 unspecified atom stereocenters. The van der Waals surface area contributed by atoms with Crippen LogP contribution in [0, 0.1) is 13.8 Å². The Morgan fingerprint density at radius 3 is 2.36 bits per heavy atom. The van der Waals surface area contributed by atoms with E-state index in [1.807, 2.05) is 73.9 Å². The van der Waals surface area contributed by atoms with Gasteiger partial charge in [0.05, 0.1) is 35.9 Å². The first-order valence-corrected chi connectivity index (χ1v) is 12.2. The first-order valence-electron chi connectivity index (χ1n) is 11.4. The zero-order chi connectivity index (χ0) is 25.7. The molecule has 0 saturated heterocycles. The van der Waals surface area contributed by atoms with Crippen molar-refractivity contribution in [2.45, 2.75) is 13.8 Å². The van der Waals surface area contributed by atoms with Gasteiger partial charge >= 0.3 is 5.69 Å². The number of rotatable bonds is 5. The van der Waals surface area contributed by atoms with Crippen LogP contribution in [0.1, 0.15) is 11.3 Å². The molecule has 0 saturated carbocycles. The molecule has 9 heteroatoms. The van der Waals surface area contributed by atoms with Gasteiger partial charge in [-0.15, -0.1) is 11.3 Å². The molecule has 0 aliphatic rings. The van der Waals surface area contributed by atoms with Crippen molar-refractivity contribution in [3.05, 3.63) is 87.1 Å². The monoisotopic (exact) mass is 501 g/mol. The first kappa shape index (κ1) is 23.6. The van der Waals surface area contributed by atoms with E-state index >= 15 is 0 Å². The Bertz CT molecular complexity index is 1720. The van der Waals surface area contributed by atoms with Gasteiger partial charge in [0.1, 0.15) is 10.6 Å². The fraction of sp³-hybridized carbons (Fsp3) is 0.222. The predicted molar refractivity (Wildman–Crippen MR) is 146 cm³/mol. The van der Waals surface area contributed by atoms with Crippen molar-refractivity contribution >= 4 is 27.2 Å². The predicted octanol–water partition coefficient (Wildman–Crippen LogP) is 4.30. The van der Waals surface area contributed by atoms with E-state index in [-0.39, 0.29) is 11.2 Å². The van der Waals surface area contributed by atoms with Crippen LogP contribution in [0.3, 0.4) is 0 Å². The molecule has 3 heterocycles. The molecule has 0 bridgehead atoms. The summed E-state index contributed by atoms with van der Waals surface area (Å²) in [5.41, 5.74) is 4.38. The maximum atomic E-state index is 13.7. The second kappa shape index (κ2) is 8.83. The van der Waals surface area contributed by atoms with E-state index in [0.29, 0.717) is 21.7 Å². The number of anilines is 1. The summed E-state index contributed by atoms with van der Waals surface area (Å²) in [5.74, 6) is 0.689. The zero-order valence-electron chi connectivity index (χ0n) is 21.1. The number of nitrogens with zero attached hydrogens (tertiary/aromatic N) is 5. The molecule has 0 N–H and O–H groups in total. The molecule has 0 spiro atoms. The summed E-state index contributed by atoms with van der Waals surface area (Å²) in [5, 5.41) is 0.544. The summed E-state index contributed by atoms with van der Waals surface area (Å²) >= 11 is 1.44. The van der Waals surface area contributed by atoms with Gasteiger partial charge in [-0.25, -0.2) is 14.3 Å². The highest BCUT2D eigenvalue weighted by atomic mass is 32.1. The van der Waals surface area contributed by atoms with Crippen molar-refractivity contribution in [2.75, 3.05) is 26.1 Å². The van der Waals surface area contributed by atoms with Crippen molar-refractivity contribution in [2.24, 2.45) is 7.05 Å². The molecule has 5 rings (SSSR count). The highest BCUT2D eigenvalue weighted by molar-refractivity contribution is 7.22. The summed E-state index contributed by atoms with van der Waals surface area (Å²) in [6, 6.07) is 13.3. The Kier molecular flexibility index (Phi) is 5.80. The Labute approximate surface area is 212 Å². The van der Waals surface area contributed by atoms with Crippen molar-refractivity contribution in [3.8, 4) is 27.6 Å². The molecule has 36 heavy (non-hydrogen) atoms. The van der Waals surface area contributed by atoms with Crippen LogP contribution in [0.15, 0.2) is 64.6 Å². The molecular formula is C27H27N5O3S. The maximum Gasteiger partial charge on any atom is 0.336 e. The zero-order valence-corrected chi connectivity index (χ0v) is 21.9. The van der Waals surface area contributed by atoms with Crippen molar-refractivity contribution < 1.29 is 4.74 Å². The number of methoxy groups -OCH3 is 1. The summed E-state index contributed by atoms with van der Waals surface area (Å²) in [7, 11) is 7.23. The van der Waals surface area contributed by atoms with Crippen LogP contribution in [-0.2, 0) is 7.05 Å². The lowest BCUT2D eigenvalue weighted by Crippen LogP contribution is -2.37. The number of hydrogen-bond donors (Lipinski definition) is 0. The molecule has 0 fully saturated rings. The summed E-state index contributed by atoms with van der Waals surface area (Å²) in [6.45, 7) is 3.87. The van der Waals surface area contributed by atoms with Gasteiger partial charge in [0.2, 0.25) is 0 Å². The van der Waals surface area contributed by atoms with Crippen LogP contribution in [0.5, 0.6) is 5.75 Å². The second-order valence-electron chi connectivity index (χ2n) is 8.94. The smallest absolute Gasteiger partial charge is 0.336 e. The third kappa shape index (κ3) is 3.72. The van der Waals surface area contributed by atoms with E-state index in [0.717, 1.165) is 33.1 Å². The van der Waals surface area contributed by atoms with E-state index in [2.05, 4.69) is 4.98 Å². The number of fused-ring (bicyclic) bond motifs is 1. The minimum atomic E-state index is -0.374. The Morgan fingerprint density at radius 2 is 1.75 bits per heavy atom. The minimum absolute atomic E-state index is 0.317. The van der Waals surface area contributed by atoms with Gasteiger partial charge in [-0.2, -0.15) is 0 Å². The lowest BCUT2D eigenvalue weighted by atomic mass is 10.1. The second-order valence-corrected chi connectivity index (χ2v) is 9.94. The van der Waals surface area contributed by atoms with Crippen LogP contribution in [0.2, 0.25) is 0 Å². The average molecular weight is 502 g/mol. The third-order valence-electron chi connectivity index (χ3n) is 6.38. The molecule has 0 atom stereocenters. The molecule has 5 aromatic rings. The average Bonchev–Trinajstić information content (AvgIpc) is 3.46. The molecule has 8 nitrogen and oxygen atoms in total. The van der Waals surface area contributed by atoms with E-state index in [1.165, 1.54) is 15.9 Å². The first-order chi connectivity index (χ1) is 17.2. The number of imidazole rings is 1. The lowest BCUT2D eigenvalue weighted by Gasteiger charge is -2.13. The van der Waals surface area contributed by atoms with Gasteiger partial charge in [-0.3, -0.25) is 9.36 Å². The molecule has 0 aliphatic heterocycles. The number of benzene rings is 2. The topological polar surface area (TPSA) is 74.3 Å². The standard InChI is InChI=1S/C27H27N5O3S/c1-16-14-31(15-28-16)21-12-7-18(13-22(21)35-6)24-17(2)23-25(33)32(27(34)30(5)26(23)36-24)20-10-8-19(9-11-20)29(3)4/h7-15H,1-6H3. The van der Waals surface area contributed by atoms with Crippen LogP contribution < -0.4 is 20.9 Å². The number of hydrogen-bond acceptors (Lipinski definition) is 6. The lowest BCUT2D eigenvalue weighted by molar-refractivity contribution is 0.413. The number of aromatic nitrogens is 4. The van der Waals surface area contributed by atoms with Crippen LogP contribution in [0.4, 0.5) is 5.69 Å². The molecule has 2 aromatic carbocycles. The molecule has 0 aliphatic carbocycles. The largest absolute Gasteiger partial charge is 0.495 e. The SMILES string of the molecule is COc1cc(-c2sc3c(c2C)c(=O)n(-c2ccc(N(C)C)cc2)c(=O)n3C)ccc1-n1cnc(C)c1. The maximum absolute atomic E-state index is 13.7. The normalized spacial score (nSPS) is 11.3. The fourth-order valence-corrected chi connectivity index (χ4v) is 5.66. The third-order valence-corrected chi connectivity index (χ3v) is 7.80. The quantitative estimate of drug-likeness (QED) is 0.359. The molecule has 3 aromatic heterocycles. The molecule has 0 radical (unpaired) electrons. The van der Waals surface area contributed by atoms with E-state index < -0.39 is 0 Å². The van der Waals surface area contributed by atoms with Crippen LogP contribution in [0.25, 0.3) is 32.0 Å². The van der Waals surface area contributed by atoms with Crippen molar-refractivity contribution in [1.29, 1.82) is 0 Å². The van der Waals surface area contributed by atoms with Gasteiger partial charge < -0.3 is 14.2 Å². The minimum Gasteiger partial charge on any atom is -0.495 e. The number of thiophene rings is 1. The van der Waals surface area contributed by atoms with Crippen LogP contribution in [-0.4, -0.2) is 39.9 Å². The van der Waals surface area contributed by atoms with Gasteiger partial charge in [-0.1, -0.05) is 6.07 Å². The summed E-state index contributed by atoms with van der Waals surface area (Å²) in [4.78, 5) is 34.8. The Morgan fingerprint density at radius 1 is 1.03 bits per heavy atom.